The number of ether oxygens (including phenoxy) is 8. The molecule has 28 nitrogen and oxygen atoms in total. The Hall–Kier alpha value is -2.02. The minimum Gasteiger partial charge on any atom is -0.394 e. The molecule has 4 fully saturated rings. The van der Waals surface area contributed by atoms with Crippen LogP contribution in [0.15, 0.2) is 0 Å². The molecule has 4 aliphatic heterocycles. The summed E-state index contributed by atoms with van der Waals surface area (Å²) in [6.45, 7) is -3.63. The largest absolute Gasteiger partial charge is 0.394 e. The minimum absolute atomic E-state index is 0.744. The van der Waals surface area contributed by atoms with Crippen LogP contribution < -0.4 is 10.6 Å². The normalized spacial score (nSPS) is 43.6. The van der Waals surface area contributed by atoms with Crippen molar-refractivity contribution in [2.24, 2.45) is 0 Å². The quantitative estimate of drug-likeness (QED) is 0.0572. The molecule has 0 unspecified atom stereocenters. The summed E-state index contributed by atoms with van der Waals surface area (Å²) in [4.78, 5) is 24.2. The topological polar surface area (TPSA) is 456 Å². The lowest BCUT2D eigenvalue weighted by Gasteiger charge is -2.48. The van der Waals surface area contributed by atoms with Crippen LogP contribution >= 0.6 is 0 Å². The maximum atomic E-state index is 12.3. The van der Waals surface area contributed by atoms with E-state index < -0.39 is 199 Å². The van der Waals surface area contributed by atoms with E-state index in [4.69, 9.17) is 37.9 Å². The molecule has 62 heavy (non-hydrogen) atoms. The number of aliphatic hydroxyl groups is 16. The third kappa shape index (κ3) is 12.1. The van der Waals surface area contributed by atoms with Crippen molar-refractivity contribution in [3.8, 4) is 0 Å². The first-order chi connectivity index (χ1) is 29.2. The molecule has 2 amide bonds. The van der Waals surface area contributed by atoms with E-state index in [1.807, 2.05) is 0 Å². The average Bonchev–Trinajstić information content (AvgIpc) is 3.24. The third-order valence-electron chi connectivity index (χ3n) is 10.7. The van der Waals surface area contributed by atoms with E-state index in [1.165, 1.54) is 0 Å². The van der Waals surface area contributed by atoms with Gasteiger partial charge in [0.2, 0.25) is 11.8 Å². The van der Waals surface area contributed by atoms with Crippen molar-refractivity contribution in [2.45, 2.75) is 161 Å². The van der Waals surface area contributed by atoms with E-state index in [0.717, 1.165) is 13.8 Å². The lowest BCUT2D eigenvalue weighted by atomic mass is 9.95. The smallest absolute Gasteiger partial charge is 0.217 e. The number of hydrogen-bond donors (Lipinski definition) is 18. The summed E-state index contributed by atoms with van der Waals surface area (Å²) < 4.78 is 44.6. The van der Waals surface area contributed by atoms with Gasteiger partial charge in [-0.1, -0.05) is 0 Å². The van der Waals surface area contributed by atoms with Crippen molar-refractivity contribution in [3.63, 3.8) is 0 Å². The highest BCUT2D eigenvalue weighted by Gasteiger charge is 2.55. The van der Waals surface area contributed by atoms with Crippen LogP contribution in [0.1, 0.15) is 13.8 Å². The number of hydrogen-bond acceptors (Lipinski definition) is 26. The summed E-state index contributed by atoms with van der Waals surface area (Å²) in [5.74, 6) is -1.54. The number of carbonyl (C=O) groups excluding carboxylic acids is 2. The first-order valence-corrected chi connectivity index (χ1v) is 19.5. The molecule has 0 bridgehead atoms. The fourth-order valence-corrected chi connectivity index (χ4v) is 7.34. The monoisotopic (exact) mass is 912 g/mol. The van der Waals surface area contributed by atoms with Crippen LogP contribution in [-0.2, 0) is 47.5 Å². The first-order valence-electron chi connectivity index (χ1n) is 19.5. The van der Waals surface area contributed by atoms with Crippen LogP contribution in [-0.4, -0.2) is 280 Å². The molecule has 0 radical (unpaired) electrons. The molecular weight excluding hydrogens is 852 g/mol. The first kappa shape index (κ1) is 52.6. The van der Waals surface area contributed by atoms with Gasteiger partial charge < -0.3 is 130 Å². The molecule has 4 heterocycles. The zero-order valence-electron chi connectivity index (χ0n) is 33.3. The molecular formula is C34H60N2O26. The van der Waals surface area contributed by atoms with Gasteiger partial charge in [-0.3, -0.25) is 9.59 Å². The Morgan fingerprint density at radius 3 is 1.48 bits per heavy atom. The molecule has 28 heteroatoms. The molecule has 0 aromatic heterocycles. The van der Waals surface area contributed by atoms with Gasteiger partial charge in [-0.05, 0) is 0 Å². The molecule has 0 aromatic rings. The summed E-state index contributed by atoms with van der Waals surface area (Å²) in [6.07, 6.45) is -40.8. The molecule has 0 spiro atoms. The van der Waals surface area contributed by atoms with Gasteiger partial charge in [0.15, 0.2) is 25.2 Å². The van der Waals surface area contributed by atoms with Crippen LogP contribution in [0.4, 0.5) is 0 Å². The highest BCUT2D eigenvalue weighted by molar-refractivity contribution is 5.73. The maximum Gasteiger partial charge on any atom is 0.217 e. The van der Waals surface area contributed by atoms with E-state index in [0.29, 0.717) is 0 Å². The number of aliphatic hydroxyl groups excluding tert-OH is 16. The number of carbonyl (C=O) groups is 2. The van der Waals surface area contributed by atoms with Crippen LogP contribution in [0.25, 0.3) is 0 Å². The Labute approximate surface area is 352 Å². The number of amides is 2. The molecule has 362 valence electrons. The van der Waals surface area contributed by atoms with Crippen molar-refractivity contribution >= 4 is 11.8 Å². The SMILES string of the molecule is CC(=O)N[C@H]1[C@H](OC[C@@H](O)[C@H](O)[C@H](O[C@@H]2O[C@H](CO)[C@@H](O)[C@H](O)[C@H]2NC(C)=O)[C@@H](O)CO)O[C@H](CO)[C@@H](O[C@@H]2O[C@H](CO)[C@H](O)[C@H](O[C@H]3O[C@H](CO)[C@H](O)[C@H](O)[C@H]3O)[C@H]2O)[C@@H]1O. The lowest BCUT2D eigenvalue weighted by Crippen LogP contribution is -2.68. The fourth-order valence-electron chi connectivity index (χ4n) is 7.34. The van der Waals surface area contributed by atoms with Crippen molar-refractivity contribution in [1.82, 2.24) is 10.6 Å². The van der Waals surface area contributed by atoms with Crippen LogP contribution in [0.5, 0.6) is 0 Å². The summed E-state index contributed by atoms with van der Waals surface area (Å²) in [6, 6.07) is -3.22. The second kappa shape index (κ2) is 23.4. The van der Waals surface area contributed by atoms with E-state index in [-0.39, 0.29) is 0 Å². The Bertz CT molecular complexity index is 1390. The Morgan fingerprint density at radius 1 is 0.516 bits per heavy atom. The standard InChI is InChI=1S/C34H60N2O26/c1-9(42)35-17-23(50)20(47)13(4-38)56-32(17)60-28(11(44)3-37)19(46)12(45)8-55-31-18(36-10(2)43)24(51)29(16(7-41)59-31)61-34-27(54)30(22(49)15(6-40)58-34)62-33-26(53)25(52)21(48)14(5-39)57-33/h11-34,37-41,44-54H,3-8H2,1-2H3,(H,35,42)(H,36,43)/t11-,12+,13+,14+,15+,16+,17+,18+,19-,20+,21-,22-,23+,24+,25-,26+,27+,28+,29+,30-,31+,32-,33+,34-/m0/s1. The van der Waals surface area contributed by atoms with E-state index in [9.17, 15) is 91.3 Å². The van der Waals surface area contributed by atoms with Crippen molar-refractivity contribution < 1.29 is 129 Å². The molecule has 18 N–H and O–H groups in total. The van der Waals surface area contributed by atoms with Crippen molar-refractivity contribution in [3.05, 3.63) is 0 Å². The molecule has 0 saturated carbocycles. The van der Waals surface area contributed by atoms with Gasteiger partial charge in [0.1, 0.15) is 122 Å². The maximum absolute atomic E-state index is 12.3. The van der Waals surface area contributed by atoms with Gasteiger partial charge in [-0.15, -0.1) is 0 Å². The van der Waals surface area contributed by atoms with Crippen molar-refractivity contribution in [2.75, 3.05) is 39.6 Å². The lowest BCUT2D eigenvalue weighted by molar-refractivity contribution is -0.376. The van der Waals surface area contributed by atoms with E-state index in [1.54, 1.807) is 0 Å². The molecule has 0 aromatic carbocycles. The van der Waals surface area contributed by atoms with Gasteiger partial charge in [-0.2, -0.15) is 0 Å². The molecule has 24 atom stereocenters. The van der Waals surface area contributed by atoms with Gasteiger partial charge in [0, 0.05) is 13.8 Å². The van der Waals surface area contributed by atoms with Gasteiger partial charge >= 0.3 is 0 Å². The average molecular weight is 913 g/mol. The zero-order valence-corrected chi connectivity index (χ0v) is 33.3. The summed E-state index contributed by atoms with van der Waals surface area (Å²) in [7, 11) is 0. The Morgan fingerprint density at radius 2 is 0.968 bits per heavy atom. The van der Waals surface area contributed by atoms with Crippen molar-refractivity contribution in [1.29, 1.82) is 0 Å². The molecule has 0 aliphatic carbocycles. The predicted octanol–water partition coefficient (Wildman–Crippen LogP) is -12.0. The summed E-state index contributed by atoms with van der Waals surface area (Å²) in [5.41, 5.74) is 0. The van der Waals surface area contributed by atoms with Gasteiger partial charge in [0.05, 0.1) is 39.6 Å². The summed E-state index contributed by atoms with van der Waals surface area (Å²) in [5, 5.41) is 172. The third-order valence-corrected chi connectivity index (χ3v) is 10.7. The second-order valence-corrected chi connectivity index (χ2v) is 15.2. The van der Waals surface area contributed by atoms with Crippen LogP contribution in [0.2, 0.25) is 0 Å². The fraction of sp³-hybridized carbons (Fsp3) is 0.941. The number of nitrogens with one attached hydrogen (secondary N) is 2. The molecule has 4 rings (SSSR count). The molecule has 4 aliphatic rings. The van der Waals surface area contributed by atoms with E-state index in [2.05, 4.69) is 10.6 Å². The number of rotatable bonds is 19. The van der Waals surface area contributed by atoms with E-state index >= 15 is 0 Å². The second-order valence-electron chi connectivity index (χ2n) is 15.2. The van der Waals surface area contributed by atoms with Gasteiger partial charge in [0.25, 0.3) is 0 Å². The highest BCUT2D eigenvalue weighted by Crippen LogP contribution is 2.33. The van der Waals surface area contributed by atoms with Crippen LogP contribution in [0, 0.1) is 0 Å². The Balaban J connectivity index is 1.50. The Kier molecular flexibility index (Phi) is 19.9. The van der Waals surface area contributed by atoms with Crippen LogP contribution in [0.3, 0.4) is 0 Å². The summed E-state index contributed by atoms with van der Waals surface area (Å²) >= 11 is 0. The predicted molar refractivity (Wildman–Crippen MR) is 192 cm³/mol. The van der Waals surface area contributed by atoms with Gasteiger partial charge in [-0.25, -0.2) is 0 Å². The molecule has 4 saturated heterocycles. The minimum atomic E-state index is -2.22. The highest BCUT2D eigenvalue weighted by atomic mass is 16.8. The zero-order chi connectivity index (χ0) is 46.3.